The summed E-state index contributed by atoms with van der Waals surface area (Å²) < 4.78 is 45.8. The van der Waals surface area contributed by atoms with Gasteiger partial charge in [-0.1, -0.05) is 35.6 Å². The van der Waals surface area contributed by atoms with Gasteiger partial charge in [-0.25, -0.2) is 9.98 Å². The van der Waals surface area contributed by atoms with Crippen LogP contribution in [0.15, 0.2) is 53.5 Å². The molecule has 0 saturated carbocycles. The molecule has 2 aliphatic rings. The minimum absolute atomic E-state index is 0.226. The number of ether oxygens (including phenoxy) is 1. The van der Waals surface area contributed by atoms with Crippen LogP contribution in [-0.2, 0) is 12.6 Å². The number of aromatic nitrogens is 1. The number of nitrogens with zero attached hydrogens (tertiary/aromatic N) is 4. The van der Waals surface area contributed by atoms with Gasteiger partial charge in [-0.15, -0.1) is 0 Å². The molecule has 1 N–H and O–H groups in total. The van der Waals surface area contributed by atoms with Crippen molar-refractivity contribution >= 4 is 33.5 Å². The van der Waals surface area contributed by atoms with E-state index in [9.17, 15) is 13.2 Å². The number of anilines is 2. The minimum Gasteiger partial charge on any atom is -0.497 e. The smallest absolute Gasteiger partial charge is 0.443 e. The molecule has 3 heterocycles. The van der Waals surface area contributed by atoms with Crippen LogP contribution in [0, 0.1) is 0 Å². The lowest BCUT2D eigenvalue weighted by Gasteiger charge is -2.40. The largest absolute Gasteiger partial charge is 0.497 e. The van der Waals surface area contributed by atoms with E-state index in [2.05, 4.69) is 39.3 Å². The molecule has 0 spiro atoms. The highest BCUT2D eigenvalue weighted by atomic mass is 32.1. The molecule has 10 heteroatoms. The van der Waals surface area contributed by atoms with Gasteiger partial charge in [-0.3, -0.25) is 4.90 Å². The molecule has 1 atom stereocenters. The molecule has 6 nitrogen and oxygen atoms in total. The predicted molar refractivity (Wildman–Crippen MR) is 132 cm³/mol. The number of aliphatic imine (C=N–C) groups is 1. The first-order chi connectivity index (χ1) is 16.8. The Bertz CT molecular complexity index is 1220. The van der Waals surface area contributed by atoms with Gasteiger partial charge in [0, 0.05) is 25.7 Å². The van der Waals surface area contributed by atoms with E-state index in [4.69, 9.17) is 9.73 Å². The summed E-state index contributed by atoms with van der Waals surface area (Å²) >= 11 is 0.623. The maximum Gasteiger partial charge on any atom is 0.443 e. The Balaban J connectivity index is 1.42. The number of hydrogen-bond donors (Lipinski definition) is 1. The lowest BCUT2D eigenvalue weighted by atomic mass is 10.0. The van der Waals surface area contributed by atoms with Gasteiger partial charge in [0.1, 0.15) is 16.4 Å². The summed E-state index contributed by atoms with van der Waals surface area (Å²) in [4.78, 5) is 13.2. The van der Waals surface area contributed by atoms with Crippen LogP contribution in [-0.4, -0.2) is 60.5 Å². The average Bonchev–Trinajstić information content (AvgIpc) is 3.21. The molecular formula is C25H26F3N5OS. The van der Waals surface area contributed by atoms with Gasteiger partial charge < -0.3 is 15.0 Å². The number of hydrogen-bond acceptors (Lipinski definition) is 7. The zero-order valence-electron chi connectivity index (χ0n) is 19.5. The molecule has 1 fully saturated rings. The van der Waals surface area contributed by atoms with Crippen molar-refractivity contribution in [3.8, 4) is 5.75 Å². The zero-order chi connectivity index (χ0) is 24.6. The lowest BCUT2D eigenvalue weighted by Crippen LogP contribution is -2.53. The zero-order valence-corrected chi connectivity index (χ0v) is 20.3. The van der Waals surface area contributed by atoms with Crippen LogP contribution >= 0.6 is 11.3 Å². The second kappa shape index (κ2) is 9.50. The van der Waals surface area contributed by atoms with Gasteiger partial charge in [0.25, 0.3) is 0 Å². The van der Waals surface area contributed by atoms with Crippen LogP contribution in [0.25, 0.3) is 0 Å². The number of amidine groups is 1. The van der Waals surface area contributed by atoms with E-state index in [1.54, 1.807) is 7.11 Å². The van der Waals surface area contributed by atoms with Crippen molar-refractivity contribution < 1.29 is 17.9 Å². The SMILES string of the molecule is COc1ccc(CC[C@H]2CN(C3=Nc4ccccc4Nc4sc(C(F)(F)F)nc43)CCN2C)cc1. The van der Waals surface area contributed by atoms with Crippen molar-refractivity contribution in [3.63, 3.8) is 0 Å². The molecule has 0 unspecified atom stereocenters. The number of likely N-dealkylation sites (N-methyl/N-ethyl adjacent to an activating group) is 1. The molecule has 0 aliphatic carbocycles. The molecule has 1 saturated heterocycles. The summed E-state index contributed by atoms with van der Waals surface area (Å²) in [6, 6.07) is 15.7. The summed E-state index contributed by atoms with van der Waals surface area (Å²) in [6.07, 6.45) is -2.70. The van der Waals surface area contributed by atoms with Crippen molar-refractivity contribution in [1.29, 1.82) is 0 Å². The maximum atomic E-state index is 13.5. The highest BCUT2D eigenvalue weighted by Crippen LogP contribution is 2.42. The standard InChI is InChI=1S/C25H26F3N5OS/c1-32-13-14-33(15-17(32)10-7-16-8-11-18(34-2)12-9-16)22-21-23(35-24(31-21)25(26,27)28)30-20-6-4-3-5-19(20)29-22/h3-6,8-9,11-12,17,30H,7,10,13-15H2,1-2H3/t17-/m0/s1. The van der Waals surface area contributed by atoms with Crippen LogP contribution < -0.4 is 10.1 Å². The molecule has 0 amide bonds. The highest BCUT2D eigenvalue weighted by molar-refractivity contribution is 7.16. The Morgan fingerprint density at radius 1 is 1.11 bits per heavy atom. The second-order valence-corrected chi connectivity index (χ2v) is 9.74. The van der Waals surface area contributed by atoms with Gasteiger partial charge in [0.05, 0.1) is 18.5 Å². The van der Waals surface area contributed by atoms with E-state index in [0.29, 0.717) is 46.6 Å². The van der Waals surface area contributed by atoms with Crippen LogP contribution in [0.1, 0.15) is 22.7 Å². The summed E-state index contributed by atoms with van der Waals surface area (Å²) in [7, 11) is 3.74. The molecule has 0 radical (unpaired) electrons. The van der Waals surface area contributed by atoms with Crippen molar-refractivity contribution in [3.05, 3.63) is 64.8 Å². The highest BCUT2D eigenvalue weighted by Gasteiger charge is 2.39. The number of para-hydroxylation sites is 2. The number of piperazine rings is 1. The molecule has 1 aromatic heterocycles. The van der Waals surface area contributed by atoms with Gasteiger partial charge in [-0.05, 0) is 49.7 Å². The van der Waals surface area contributed by atoms with E-state index in [1.165, 1.54) is 5.56 Å². The van der Waals surface area contributed by atoms with Crippen molar-refractivity contribution in [2.24, 2.45) is 4.99 Å². The second-order valence-electron chi connectivity index (χ2n) is 8.74. The fraction of sp³-hybridized carbons (Fsp3) is 0.360. The number of fused-ring (bicyclic) bond motifs is 2. The Labute approximate surface area is 206 Å². The number of alkyl halides is 3. The number of benzene rings is 2. The number of rotatable bonds is 4. The first-order valence-corrected chi connectivity index (χ1v) is 12.2. The first kappa shape index (κ1) is 23.6. The van der Waals surface area contributed by atoms with E-state index in [1.807, 2.05) is 36.4 Å². The molecule has 5 rings (SSSR count). The molecular weight excluding hydrogens is 475 g/mol. The lowest BCUT2D eigenvalue weighted by molar-refractivity contribution is -0.137. The first-order valence-electron chi connectivity index (χ1n) is 11.4. The predicted octanol–water partition coefficient (Wildman–Crippen LogP) is 5.55. The molecule has 3 aromatic rings. The van der Waals surface area contributed by atoms with Crippen molar-refractivity contribution in [2.75, 3.05) is 39.1 Å². The molecule has 2 aliphatic heterocycles. The molecule has 184 valence electrons. The number of aryl methyl sites for hydroxylation is 1. The summed E-state index contributed by atoms with van der Waals surface area (Å²) in [6.45, 7) is 2.10. The Hall–Kier alpha value is -3.11. The fourth-order valence-corrected chi connectivity index (χ4v) is 5.28. The quantitative estimate of drug-likeness (QED) is 0.508. The van der Waals surface area contributed by atoms with Crippen molar-refractivity contribution in [2.45, 2.75) is 25.1 Å². The van der Waals surface area contributed by atoms with Crippen molar-refractivity contribution in [1.82, 2.24) is 14.8 Å². The topological polar surface area (TPSA) is 53.0 Å². The third-order valence-corrected chi connectivity index (χ3v) is 7.48. The van der Waals surface area contributed by atoms with E-state index < -0.39 is 11.2 Å². The van der Waals surface area contributed by atoms with Crippen LogP contribution in [0.4, 0.5) is 29.5 Å². The molecule has 2 aromatic carbocycles. The van der Waals surface area contributed by atoms with Gasteiger partial charge in [0.15, 0.2) is 5.84 Å². The molecule has 0 bridgehead atoms. The number of nitrogens with one attached hydrogen (secondary N) is 1. The summed E-state index contributed by atoms with van der Waals surface area (Å²) in [5.74, 6) is 1.32. The maximum absolute atomic E-state index is 13.5. The van der Waals surface area contributed by atoms with Crippen LogP contribution in [0.5, 0.6) is 5.75 Å². The van der Waals surface area contributed by atoms with Gasteiger partial charge in [-0.2, -0.15) is 13.2 Å². The number of halogens is 3. The number of methoxy groups -OCH3 is 1. The summed E-state index contributed by atoms with van der Waals surface area (Å²) in [5.41, 5.74) is 2.84. The van der Waals surface area contributed by atoms with Crippen LogP contribution in [0.2, 0.25) is 0 Å². The Morgan fingerprint density at radius 3 is 2.63 bits per heavy atom. The fourth-order valence-electron chi connectivity index (χ4n) is 4.44. The average molecular weight is 502 g/mol. The third-order valence-electron chi connectivity index (χ3n) is 6.46. The Morgan fingerprint density at radius 2 is 1.89 bits per heavy atom. The third kappa shape index (κ3) is 4.99. The van der Waals surface area contributed by atoms with E-state index in [0.717, 1.165) is 25.1 Å². The van der Waals surface area contributed by atoms with Gasteiger partial charge in [0.2, 0.25) is 5.01 Å². The van der Waals surface area contributed by atoms with E-state index >= 15 is 0 Å². The van der Waals surface area contributed by atoms with Crippen LogP contribution in [0.3, 0.4) is 0 Å². The number of thiazole rings is 1. The van der Waals surface area contributed by atoms with E-state index in [-0.39, 0.29) is 11.7 Å². The van der Waals surface area contributed by atoms with Gasteiger partial charge >= 0.3 is 6.18 Å². The Kier molecular flexibility index (Phi) is 6.41. The monoisotopic (exact) mass is 501 g/mol. The normalized spacial score (nSPS) is 18.3. The minimum atomic E-state index is -4.51. The molecule has 35 heavy (non-hydrogen) atoms. The summed E-state index contributed by atoms with van der Waals surface area (Å²) in [5, 5.41) is 2.64.